The van der Waals surface area contributed by atoms with Gasteiger partial charge in [0.1, 0.15) is 5.15 Å². The van der Waals surface area contributed by atoms with E-state index in [0.29, 0.717) is 12.1 Å². The first-order valence-corrected chi connectivity index (χ1v) is 7.48. The van der Waals surface area contributed by atoms with Gasteiger partial charge in [0.25, 0.3) is 0 Å². The van der Waals surface area contributed by atoms with Crippen LogP contribution in [0.15, 0.2) is 65.5 Å². The van der Waals surface area contributed by atoms with Crippen molar-refractivity contribution < 1.29 is 0 Å². The van der Waals surface area contributed by atoms with Gasteiger partial charge in [-0.3, -0.25) is 4.79 Å². The van der Waals surface area contributed by atoms with Crippen LogP contribution in [0, 0.1) is 0 Å². The third-order valence-electron chi connectivity index (χ3n) is 3.29. The van der Waals surface area contributed by atoms with E-state index in [2.05, 4.69) is 5.10 Å². The fourth-order valence-electron chi connectivity index (χ4n) is 2.24. The molecule has 3 nitrogen and oxygen atoms in total. The molecule has 0 radical (unpaired) electrons. The summed E-state index contributed by atoms with van der Waals surface area (Å²) in [6.45, 7) is 0.444. The molecule has 0 aliphatic rings. The fraction of sp³-hybridized carbons (Fsp3) is 0.0588. The maximum atomic E-state index is 12.3. The molecule has 1 heterocycles. The van der Waals surface area contributed by atoms with Gasteiger partial charge in [-0.25, -0.2) is 4.68 Å². The SMILES string of the molecule is O=c1c(Cl)nn(Cc2ccccc2)c(Cl)c1-c1ccccc1. The lowest BCUT2D eigenvalue weighted by Crippen LogP contribution is -2.17. The zero-order valence-corrected chi connectivity index (χ0v) is 13.1. The Labute approximate surface area is 137 Å². The standard InChI is InChI=1S/C17H12Cl2N2O/c18-16-15(22)14(13-9-5-2-6-10-13)17(19)21(20-16)11-12-7-3-1-4-8-12/h1-10H,11H2. The Bertz CT molecular complexity index is 846. The van der Waals surface area contributed by atoms with Gasteiger partial charge in [-0.1, -0.05) is 83.9 Å². The molecule has 5 heteroatoms. The molecule has 3 rings (SSSR count). The second-order valence-corrected chi connectivity index (χ2v) is 5.51. The number of hydrogen-bond acceptors (Lipinski definition) is 2. The minimum atomic E-state index is -0.359. The third kappa shape index (κ3) is 2.91. The Balaban J connectivity index is 2.14. The summed E-state index contributed by atoms with van der Waals surface area (Å²) in [4.78, 5) is 12.3. The third-order valence-corrected chi connectivity index (χ3v) is 3.92. The number of halogens is 2. The Hall–Kier alpha value is -2.10. The average molecular weight is 331 g/mol. The van der Waals surface area contributed by atoms with Gasteiger partial charge in [-0.15, -0.1) is 0 Å². The average Bonchev–Trinajstić information content (AvgIpc) is 2.55. The van der Waals surface area contributed by atoms with Gasteiger partial charge in [-0.05, 0) is 11.1 Å². The molecular weight excluding hydrogens is 319 g/mol. The fourth-order valence-corrected chi connectivity index (χ4v) is 2.72. The van der Waals surface area contributed by atoms with Crippen molar-refractivity contribution >= 4 is 23.2 Å². The highest BCUT2D eigenvalue weighted by Gasteiger charge is 2.16. The molecule has 0 aliphatic heterocycles. The maximum Gasteiger partial charge on any atom is 0.228 e. The lowest BCUT2D eigenvalue weighted by molar-refractivity contribution is 0.665. The number of hydrogen-bond donors (Lipinski definition) is 0. The van der Waals surface area contributed by atoms with Gasteiger partial charge in [-0.2, -0.15) is 5.10 Å². The van der Waals surface area contributed by atoms with Crippen LogP contribution in [0.3, 0.4) is 0 Å². The van der Waals surface area contributed by atoms with Crippen LogP contribution in [0.2, 0.25) is 10.3 Å². The largest absolute Gasteiger partial charge is 0.286 e. The van der Waals surface area contributed by atoms with Crippen LogP contribution in [-0.2, 0) is 6.54 Å². The number of benzene rings is 2. The highest BCUT2D eigenvalue weighted by Crippen LogP contribution is 2.25. The Morgan fingerprint density at radius 3 is 2.14 bits per heavy atom. The lowest BCUT2D eigenvalue weighted by Gasteiger charge is -2.12. The summed E-state index contributed by atoms with van der Waals surface area (Å²) >= 11 is 12.4. The number of aromatic nitrogens is 2. The van der Waals surface area contributed by atoms with Crippen LogP contribution in [0.5, 0.6) is 0 Å². The maximum absolute atomic E-state index is 12.3. The molecule has 0 atom stereocenters. The van der Waals surface area contributed by atoms with E-state index in [1.807, 2.05) is 60.7 Å². The van der Waals surface area contributed by atoms with Crippen LogP contribution in [0.1, 0.15) is 5.56 Å². The van der Waals surface area contributed by atoms with Gasteiger partial charge in [0, 0.05) is 0 Å². The summed E-state index contributed by atoms with van der Waals surface area (Å²) in [7, 11) is 0. The molecule has 0 unspecified atom stereocenters. The van der Waals surface area contributed by atoms with E-state index in [-0.39, 0.29) is 15.7 Å². The molecule has 0 bridgehead atoms. The van der Waals surface area contributed by atoms with Gasteiger partial charge in [0.05, 0.1) is 12.1 Å². The van der Waals surface area contributed by atoms with Gasteiger partial charge in [0.2, 0.25) is 5.43 Å². The molecule has 3 aromatic rings. The first-order valence-electron chi connectivity index (χ1n) is 6.72. The molecule has 1 aromatic heterocycles. The van der Waals surface area contributed by atoms with E-state index >= 15 is 0 Å². The first-order chi connectivity index (χ1) is 10.7. The van der Waals surface area contributed by atoms with Crippen molar-refractivity contribution in [2.75, 3.05) is 0 Å². The Kier molecular flexibility index (Phi) is 4.27. The normalized spacial score (nSPS) is 10.6. The smallest absolute Gasteiger partial charge is 0.228 e. The zero-order valence-electron chi connectivity index (χ0n) is 11.5. The van der Waals surface area contributed by atoms with Crippen LogP contribution in [0.25, 0.3) is 11.1 Å². The second kappa shape index (κ2) is 6.34. The molecule has 110 valence electrons. The molecule has 0 aliphatic carbocycles. The Morgan fingerprint density at radius 1 is 0.909 bits per heavy atom. The predicted octanol–water partition coefficient (Wildman–Crippen LogP) is 4.27. The summed E-state index contributed by atoms with van der Waals surface area (Å²) in [6, 6.07) is 19.0. The van der Waals surface area contributed by atoms with Crippen molar-refractivity contribution in [2.24, 2.45) is 0 Å². The van der Waals surface area contributed by atoms with Crippen LogP contribution < -0.4 is 5.43 Å². The monoisotopic (exact) mass is 330 g/mol. The minimum Gasteiger partial charge on any atom is -0.286 e. The van der Waals surface area contributed by atoms with E-state index in [4.69, 9.17) is 23.2 Å². The predicted molar refractivity (Wildman–Crippen MR) is 89.5 cm³/mol. The molecule has 2 aromatic carbocycles. The van der Waals surface area contributed by atoms with E-state index < -0.39 is 0 Å². The molecule has 0 spiro atoms. The molecule has 0 fully saturated rings. The highest BCUT2D eigenvalue weighted by molar-refractivity contribution is 6.33. The van der Waals surface area contributed by atoms with Crippen molar-refractivity contribution in [1.29, 1.82) is 0 Å². The van der Waals surface area contributed by atoms with Crippen molar-refractivity contribution in [1.82, 2.24) is 9.78 Å². The second-order valence-electron chi connectivity index (χ2n) is 4.80. The quantitative estimate of drug-likeness (QED) is 0.718. The Morgan fingerprint density at radius 2 is 1.50 bits per heavy atom. The zero-order chi connectivity index (χ0) is 15.5. The van der Waals surface area contributed by atoms with E-state index in [0.717, 1.165) is 11.1 Å². The van der Waals surface area contributed by atoms with E-state index in [9.17, 15) is 4.79 Å². The lowest BCUT2D eigenvalue weighted by atomic mass is 10.1. The van der Waals surface area contributed by atoms with Crippen LogP contribution >= 0.6 is 23.2 Å². The summed E-state index contributed by atoms with van der Waals surface area (Å²) in [6.07, 6.45) is 0. The first kappa shape index (κ1) is 14.8. The van der Waals surface area contributed by atoms with Gasteiger partial charge in [0.15, 0.2) is 5.15 Å². The highest BCUT2D eigenvalue weighted by atomic mass is 35.5. The molecule has 0 N–H and O–H groups in total. The number of nitrogens with zero attached hydrogens (tertiary/aromatic N) is 2. The van der Waals surface area contributed by atoms with Crippen molar-refractivity contribution in [2.45, 2.75) is 6.54 Å². The van der Waals surface area contributed by atoms with Crippen LogP contribution in [0.4, 0.5) is 0 Å². The molecule has 0 saturated heterocycles. The van der Waals surface area contributed by atoms with E-state index in [1.165, 1.54) is 0 Å². The summed E-state index contributed by atoms with van der Waals surface area (Å²) in [5.74, 6) is 0. The molecule has 0 saturated carbocycles. The molecule has 0 amide bonds. The van der Waals surface area contributed by atoms with Gasteiger partial charge < -0.3 is 0 Å². The van der Waals surface area contributed by atoms with E-state index in [1.54, 1.807) is 4.68 Å². The van der Waals surface area contributed by atoms with Crippen molar-refractivity contribution in [3.05, 3.63) is 86.8 Å². The summed E-state index contributed by atoms with van der Waals surface area (Å²) in [5, 5.41) is 4.29. The summed E-state index contributed by atoms with van der Waals surface area (Å²) < 4.78 is 1.54. The summed E-state index contributed by atoms with van der Waals surface area (Å²) in [5.41, 5.74) is 1.76. The van der Waals surface area contributed by atoms with Crippen LogP contribution in [-0.4, -0.2) is 9.78 Å². The van der Waals surface area contributed by atoms with Crippen molar-refractivity contribution in [3.8, 4) is 11.1 Å². The van der Waals surface area contributed by atoms with Gasteiger partial charge >= 0.3 is 0 Å². The topological polar surface area (TPSA) is 34.9 Å². The van der Waals surface area contributed by atoms with Crippen molar-refractivity contribution in [3.63, 3.8) is 0 Å². The minimum absolute atomic E-state index is 0.0841. The molecule has 22 heavy (non-hydrogen) atoms. The molecular formula is C17H12Cl2N2O. The number of rotatable bonds is 3.